The fourth-order valence-corrected chi connectivity index (χ4v) is 2.20. The van der Waals surface area contributed by atoms with E-state index in [0.717, 1.165) is 11.6 Å². The standard InChI is InChI=1S/C16H14ClNO4/c1-9(6-15(20)21)11-5-10(2)16(13(17)7-11)22-14-4-3-12(19)8-18-14/h3-8,19H,1-2H3,(H,20,21). The van der Waals surface area contributed by atoms with Gasteiger partial charge in [0, 0.05) is 12.1 Å². The molecule has 1 aromatic carbocycles. The molecule has 114 valence electrons. The Morgan fingerprint density at radius 2 is 2.09 bits per heavy atom. The van der Waals surface area contributed by atoms with Crippen LogP contribution in [0.25, 0.3) is 5.57 Å². The number of carboxylic acids is 1. The van der Waals surface area contributed by atoms with E-state index in [9.17, 15) is 9.90 Å². The molecule has 22 heavy (non-hydrogen) atoms. The summed E-state index contributed by atoms with van der Waals surface area (Å²) < 4.78 is 5.62. The maximum absolute atomic E-state index is 10.7. The fourth-order valence-electron chi connectivity index (χ4n) is 1.89. The summed E-state index contributed by atoms with van der Waals surface area (Å²) in [6, 6.07) is 6.41. The highest BCUT2D eigenvalue weighted by Crippen LogP contribution is 2.35. The average molecular weight is 320 g/mol. The van der Waals surface area contributed by atoms with Gasteiger partial charge in [-0.3, -0.25) is 0 Å². The first-order valence-corrected chi connectivity index (χ1v) is 6.79. The summed E-state index contributed by atoms with van der Waals surface area (Å²) >= 11 is 6.22. The first-order chi connectivity index (χ1) is 10.4. The van der Waals surface area contributed by atoms with E-state index in [-0.39, 0.29) is 5.75 Å². The summed E-state index contributed by atoms with van der Waals surface area (Å²) in [6.07, 6.45) is 2.39. The minimum atomic E-state index is -1.01. The number of nitrogens with zero attached hydrogens (tertiary/aromatic N) is 1. The Bertz CT molecular complexity index is 715. The number of aliphatic carboxylic acids is 1. The first-order valence-electron chi connectivity index (χ1n) is 6.41. The third-order valence-corrected chi connectivity index (χ3v) is 3.23. The second-order valence-corrected chi connectivity index (χ2v) is 5.13. The van der Waals surface area contributed by atoms with Crippen LogP contribution in [-0.4, -0.2) is 21.2 Å². The SMILES string of the molecule is CC(=CC(=O)O)c1cc(C)c(Oc2ccc(O)cn2)c(Cl)c1. The topological polar surface area (TPSA) is 79.7 Å². The lowest BCUT2D eigenvalue weighted by Crippen LogP contribution is -1.94. The van der Waals surface area contributed by atoms with Crippen LogP contribution in [0.1, 0.15) is 18.1 Å². The maximum atomic E-state index is 10.7. The molecule has 2 rings (SSSR count). The van der Waals surface area contributed by atoms with Crippen LogP contribution >= 0.6 is 11.6 Å². The number of aromatic nitrogens is 1. The lowest BCUT2D eigenvalue weighted by Gasteiger charge is -2.12. The van der Waals surface area contributed by atoms with Crippen LogP contribution in [0.3, 0.4) is 0 Å². The summed E-state index contributed by atoms with van der Waals surface area (Å²) in [5.41, 5.74) is 2.04. The van der Waals surface area contributed by atoms with Crippen LogP contribution in [0.4, 0.5) is 0 Å². The molecule has 0 radical (unpaired) electrons. The van der Waals surface area contributed by atoms with Crippen LogP contribution in [0.5, 0.6) is 17.4 Å². The zero-order chi connectivity index (χ0) is 16.3. The number of benzene rings is 1. The number of pyridine rings is 1. The van der Waals surface area contributed by atoms with Gasteiger partial charge in [-0.15, -0.1) is 0 Å². The number of aryl methyl sites for hydroxylation is 1. The summed E-state index contributed by atoms with van der Waals surface area (Å²) in [4.78, 5) is 14.7. The van der Waals surface area contributed by atoms with E-state index in [0.29, 0.717) is 27.8 Å². The fraction of sp³-hybridized carbons (Fsp3) is 0.125. The molecule has 6 heteroatoms. The first kappa shape index (κ1) is 15.9. The van der Waals surface area contributed by atoms with E-state index >= 15 is 0 Å². The third-order valence-electron chi connectivity index (χ3n) is 2.95. The normalized spacial score (nSPS) is 11.3. The van der Waals surface area contributed by atoms with E-state index < -0.39 is 5.97 Å². The second kappa shape index (κ2) is 6.49. The molecule has 1 aromatic heterocycles. The van der Waals surface area contributed by atoms with Crippen molar-refractivity contribution in [3.05, 3.63) is 52.7 Å². The summed E-state index contributed by atoms with van der Waals surface area (Å²) in [5.74, 6) is -0.236. The molecular formula is C16H14ClNO4. The summed E-state index contributed by atoms with van der Waals surface area (Å²) in [6.45, 7) is 3.50. The van der Waals surface area contributed by atoms with E-state index in [1.807, 2.05) is 0 Å². The largest absolute Gasteiger partial charge is 0.506 e. The summed E-state index contributed by atoms with van der Waals surface area (Å²) in [7, 11) is 0. The van der Waals surface area contributed by atoms with Gasteiger partial charge in [-0.1, -0.05) is 11.6 Å². The average Bonchev–Trinajstić information content (AvgIpc) is 2.44. The van der Waals surface area contributed by atoms with Crippen molar-refractivity contribution in [2.24, 2.45) is 0 Å². The Balaban J connectivity index is 2.34. The molecule has 5 nitrogen and oxygen atoms in total. The second-order valence-electron chi connectivity index (χ2n) is 4.73. The van der Waals surface area contributed by atoms with E-state index in [4.69, 9.17) is 21.4 Å². The number of carbonyl (C=O) groups is 1. The van der Waals surface area contributed by atoms with Crippen molar-refractivity contribution in [2.75, 3.05) is 0 Å². The number of allylic oxidation sites excluding steroid dienone is 1. The van der Waals surface area contributed by atoms with Crippen molar-refractivity contribution >= 4 is 23.1 Å². The Hall–Kier alpha value is -2.53. The molecule has 2 N–H and O–H groups in total. The smallest absolute Gasteiger partial charge is 0.328 e. The van der Waals surface area contributed by atoms with Crippen molar-refractivity contribution in [2.45, 2.75) is 13.8 Å². The lowest BCUT2D eigenvalue weighted by atomic mass is 10.0. The molecule has 2 aromatic rings. The molecule has 0 aliphatic rings. The highest BCUT2D eigenvalue weighted by molar-refractivity contribution is 6.32. The summed E-state index contributed by atoms with van der Waals surface area (Å²) in [5, 5.41) is 18.3. The van der Waals surface area contributed by atoms with Gasteiger partial charge >= 0.3 is 5.97 Å². The van der Waals surface area contributed by atoms with Gasteiger partial charge in [0.25, 0.3) is 0 Å². The molecule has 0 unspecified atom stereocenters. The van der Waals surface area contributed by atoms with E-state index in [2.05, 4.69) is 4.98 Å². The van der Waals surface area contributed by atoms with Gasteiger partial charge < -0.3 is 14.9 Å². The highest BCUT2D eigenvalue weighted by Gasteiger charge is 2.11. The number of hydrogen-bond acceptors (Lipinski definition) is 4. The molecule has 0 amide bonds. The van der Waals surface area contributed by atoms with Crippen molar-refractivity contribution in [3.63, 3.8) is 0 Å². The minimum Gasteiger partial charge on any atom is -0.506 e. The Kier molecular flexibility index (Phi) is 4.68. The van der Waals surface area contributed by atoms with Crippen LogP contribution in [0, 0.1) is 6.92 Å². The number of aromatic hydroxyl groups is 1. The van der Waals surface area contributed by atoms with Gasteiger partial charge in [0.15, 0.2) is 5.75 Å². The number of ether oxygens (including phenoxy) is 1. The van der Waals surface area contributed by atoms with Gasteiger partial charge in [0.2, 0.25) is 5.88 Å². The predicted molar refractivity (Wildman–Crippen MR) is 83.5 cm³/mol. The van der Waals surface area contributed by atoms with Gasteiger partial charge in [0.1, 0.15) is 5.75 Å². The predicted octanol–water partition coefficient (Wildman–Crippen LogP) is 4.03. The number of rotatable bonds is 4. The number of hydrogen-bond donors (Lipinski definition) is 2. The van der Waals surface area contributed by atoms with Gasteiger partial charge in [0.05, 0.1) is 11.2 Å². The van der Waals surface area contributed by atoms with Gasteiger partial charge in [-0.05, 0) is 48.7 Å². The Morgan fingerprint density at radius 1 is 1.36 bits per heavy atom. The number of halogens is 1. The number of carboxylic acid groups (broad SMARTS) is 1. The van der Waals surface area contributed by atoms with Crippen LogP contribution in [0.2, 0.25) is 5.02 Å². The highest BCUT2D eigenvalue weighted by atomic mass is 35.5. The van der Waals surface area contributed by atoms with Crippen molar-refractivity contribution in [1.82, 2.24) is 4.98 Å². The van der Waals surface area contributed by atoms with Crippen LogP contribution in [0.15, 0.2) is 36.5 Å². The molecule has 0 saturated heterocycles. The monoisotopic (exact) mass is 319 g/mol. The quantitative estimate of drug-likeness (QED) is 0.832. The Morgan fingerprint density at radius 3 is 2.64 bits per heavy atom. The van der Waals surface area contributed by atoms with E-state index in [1.165, 1.54) is 18.3 Å². The molecule has 1 heterocycles. The van der Waals surface area contributed by atoms with Gasteiger partial charge in [-0.2, -0.15) is 0 Å². The zero-order valence-corrected chi connectivity index (χ0v) is 12.8. The molecule has 0 aliphatic carbocycles. The third kappa shape index (κ3) is 3.77. The van der Waals surface area contributed by atoms with Crippen LogP contribution in [-0.2, 0) is 4.79 Å². The maximum Gasteiger partial charge on any atom is 0.328 e. The van der Waals surface area contributed by atoms with Crippen molar-refractivity contribution in [1.29, 1.82) is 0 Å². The Labute approximate surface area is 132 Å². The molecule has 0 saturated carbocycles. The lowest BCUT2D eigenvalue weighted by molar-refractivity contribution is -0.131. The van der Waals surface area contributed by atoms with Crippen molar-refractivity contribution in [3.8, 4) is 17.4 Å². The van der Waals surface area contributed by atoms with Crippen LogP contribution < -0.4 is 4.74 Å². The molecule has 0 bridgehead atoms. The molecule has 0 fully saturated rings. The van der Waals surface area contributed by atoms with Gasteiger partial charge in [-0.25, -0.2) is 9.78 Å². The molecule has 0 atom stereocenters. The zero-order valence-electron chi connectivity index (χ0n) is 12.0. The molecule has 0 aliphatic heterocycles. The van der Waals surface area contributed by atoms with E-state index in [1.54, 1.807) is 26.0 Å². The van der Waals surface area contributed by atoms with Crippen molar-refractivity contribution < 1.29 is 19.7 Å². The molecular weight excluding hydrogens is 306 g/mol. The molecule has 0 spiro atoms. The minimum absolute atomic E-state index is 0.0416.